The predicted molar refractivity (Wildman–Crippen MR) is 330 cm³/mol. The van der Waals surface area contributed by atoms with E-state index in [-0.39, 0.29) is 73.3 Å². The molecule has 85 heavy (non-hydrogen) atoms. The summed E-state index contributed by atoms with van der Waals surface area (Å²) in [6, 6.07) is 6.68. The van der Waals surface area contributed by atoms with Crippen LogP contribution in [0.15, 0.2) is 58.6 Å². The summed E-state index contributed by atoms with van der Waals surface area (Å²) < 4.78 is 12.3. The molecule has 1 aromatic carbocycles. The number of amides is 7. The van der Waals surface area contributed by atoms with Gasteiger partial charge in [-0.1, -0.05) is 43.3 Å². The molecule has 7 amide bonds. The molecule has 30 heteroatoms. The first-order valence-electron chi connectivity index (χ1n) is 28.0. The lowest BCUT2D eigenvalue weighted by Crippen LogP contribution is -2.57. The third kappa shape index (κ3) is 23.6. The fraction of sp³-hybridized carbons (Fsp3) is 0.509. The van der Waals surface area contributed by atoms with Crippen LogP contribution >= 0.6 is 34.0 Å². The molecule has 0 saturated carbocycles. The van der Waals surface area contributed by atoms with Gasteiger partial charge in [-0.2, -0.15) is 0 Å². The first-order valence-corrected chi connectivity index (χ1v) is 32.3. The molecule has 0 aliphatic rings. The number of aromatic nitrogens is 4. The average Bonchev–Trinajstić information content (AvgIpc) is 3.95. The van der Waals surface area contributed by atoms with Crippen LogP contribution in [-0.4, -0.2) is 165 Å². The van der Waals surface area contributed by atoms with Crippen molar-refractivity contribution in [3.63, 3.8) is 0 Å². The van der Waals surface area contributed by atoms with E-state index >= 15 is 0 Å². The standard InChI is InChI=1S/C55H81N17O9S4/c1-32-45(71-49(72-47(32)59)39(28-43(58)73)65-29-36(57)48(60)75)54(80)69-40(27-35-14-9-24-82-35)53(79)68-38(26-34-12-5-4-6-13-34)46(74)33(2)50(76)67-37(16-25-85(3)81)51(77)64-23-15-44-66-42(31-83-44)55-70-41(30-84-55)52(78)63-22-11-21-62-19-8-7-18-61-20-10-17-56/h4-6,9,12-14,24,30-31,33,36-40,46,61-62,65,74H,7-8,10-11,15-23,25-29,56-57H2,1-3H3,(H2,58,73)(H2,60,75)(H,63,78)(H,64,77)(H,67,76)(H,68,79)(H,69,80)(H2,59,71,72)/t33-,36-,37-,38+,39-,40-,46-,85?/m0/s1. The first-order chi connectivity index (χ1) is 40.7. The number of carbonyl (C=O) groups excluding carboxylic acids is 7. The molecule has 0 spiro atoms. The predicted octanol–water partition coefficient (Wildman–Crippen LogP) is -0.567. The number of thiazole rings is 2. The lowest BCUT2D eigenvalue weighted by Gasteiger charge is -2.31. The Hall–Kier alpha value is -6.74. The first kappa shape index (κ1) is 69.0. The van der Waals surface area contributed by atoms with Crippen molar-refractivity contribution >= 4 is 92.0 Å². The monoisotopic (exact) mass is 1250 g/mol. The van der Waals surface area contributed by atoms with Crippen molar-refractivity contribution in [2.75, 3.05) is 70.1 Å². The van der Waals surface area contributed by atoms with Crippen LogP contribution in [0, 0.1) is 12.8 Å². The second-order valence-corrected chi connectivity index (χ2v) is 24.7. The van der Waals surface area contributed by atoms with E-state index in [1.807, 2.05) is 5.38 Å². The van der Waals surface area contributed by atoms with Crippen molar-refractivity contribution in [3.8, 4) is 10.7 Å². The SMILES string of the molecule is Cc1c(N)nc([C@H](CC(N)=O)NC[C@H](N)C(N)=O)nc1C(=O)N[C@@H](Cc1cccs1)C(=O)N[C@H](Cc1ccccc1)[C@@H](O)[C@H](C)C(=O)N[C@@H](CCS(C)=O)C(=O)NCCc1nc(-c2nc(C(=O)NCCCNCCCCNCCCN)cs2)cs1. The van der Waals surface area contributed by atoms with Crippen molar-refractivity contribution < 1.29 is 42.9 Å². The number of nitrogens with two attached hydrogens (primary N) is 5. The summed E-state index contributed by atoms with van der Waals surface area (Å²) in [5.74, 6) is -6.10. The number of nitrogens with zero attached hydrogens (tertiary/aromatic N) is 4. The van der Waals surface area contributed by atoms with Gasteiger partial charge < -0.3 is 76.3 Å². The summed E-state index contributed by atoms with van der Waals surface area (Å²) in [6.45, 7) is 7.68. The number of anilines is 1. The van der Waals surface area contributed by atoms with E-state index in [1.54, 1.807) is 53.2 Å². The second kappa shape index (κ2) is 36.3. The Morgan fingerprint density at radius 1 is 0.741 bits per heavy atom. The number of primary amides is 2. The molecular weight excluding hydrogens is 1170 g/mol. The number of rotatable bonds is 40. The highest BCUT2D eigenvalue weighted by Crippen LogP contribution is 2.26. The molecule has 0 bridgehead atoms. The zero-order chi connectivity index (χ0) is 61.8. The average molecular weight is 1250 g/mol. The van der Waals surface area contributed by atoms with Crippen LogP contribution in [0.2, 0.25) is 0 Å². The summed E-state index contributed by atoms with van der Waals surface area (Å²) >= 11 is 4.00. The van der Waals surface area contributed by atoms with Crippen molar-refractivity contribution in [2.45, 2.75) is 108 Å². The maximum Gasteiger partial charge on any atom is 0.271 e. The van der Waals surface area contributed by atoms with Gasteiger partial charge in [0, 0.05) is 82.9 Å². The molecular formula is C55H81N17O9S4. The number of aliphatic hydroxyl groups excluding tert-OH is 1. The minimum Gasteiger partial charge on any atom is -0.390 e. The Kier molecular flexibility index (Phi) is 29.5. The van der Waals surface area contributed by atoms with Gasteiger partial charge in [0.1, 0.15) is 45.8 Å². The number of hydrogen-bond acceptors (Lipinski definition) is 22. The third-order valence-electron chi connectivity index (χ3n) is 13.5. The topological polar surface area (TPSA) is 435 Å². The van der Waals surface area contributed by atoms with E-state index in [9.17, 15) is 42.9 Å². The van der Waals surface area contributed by atoms with Crippen LogP contribution in [0.25, 0.3) is 10.7 Å². The number of unbranched alkanes of at least 4 members (excludes halogenated alkanes) is 1. The van der Waals surface area contributed by atoms with Crippen LogP contribution in [-0.2, 0) is 54.0 Å². The number of nitrogens with one attached hydrogen (secondary N) is 8. The van der Waals surface area contributed by atoms with Crippen LogP contribution in [0.3, 0.4) is 0 Å². The molecule has 5 rings (SSSR count). The van der Waals surface area contributed by atoms with Crippen molar-refractivity contribution in [3.05, 3.63) is 96.8 Å². The minimum absolute atomic E-state index is 0.00931. The fourth-order valence-corrected chi connectivity index (χ4v) is 11.4. The Morgan fingerprint density at radius 3 is 2.13 bits per heavy atom. The highest BCUT2D eigenvalue weighted by atomic mass is 32.2. The van der Waals surface area contributed by atoms with E-state index in [4.69, 9.17) is 28.7 Å². The molecule has 1 unspecified atom stereocenters. The van der Waals surface area contributed by atoms with Crippen molar-refractivity contribution in [1.29, 1.82) is 0 Å². The summed E-state index contributed by atoms with van der Waals surface area (Å²) in [6.07, 6.45) is 3.79. The van der Waals surface area contributed by atoms with Gasteiger partial charge in [0.25, 0.3) is 11.8 Å². The summed E-state index contributed by atoms with van der Waals surface area (Å²) in [4.78, 5) is 112. The van der Waals surface area contributed by atoms with Crippen molar-refractivity contribution in [2.24, 2.45) is 28.9 Å². The third-order valence-corrected chi connectivity index (χ3v) is 16.9. The normalized spacial score (nSPS) is 14.2. The lowest BCUT2D eigenvalue weighted by atomic mass is 9.91. The van der Waals surface area contributed by atoms with Gasteiger partial charge in [0.05, 0.1) is 35.2 Å². The number of aliphatic hydroxyl groups is 1. The van der Waals surface area contributed by atoms with E-state index in [0.717, 1.165) is 51.9 Å². The number of benzene rings is 1. The van der Waals surface area contributed by atoms with Crippen LogP contribution in [0.5, 0.6) is 0 Å². The summed E-state index contributed by atoms with van der Waals surface area (Å²) in [7, 11) is -1.33. The lowest BCUT2D eigenvalue weighted by molar-refractivity contribution is -0.134. The van der Waals surface area contributed by atoms with Crippen LogP contribution in [0.1, 0.15) is 99.3 Å². The molecule has 0 aliphatic carbocycles. The maximum atomic E-state index is 14.6. The molecule has 0 aliphatic heterocycles. The number of carbonyl (C=O) groups is 7. The smallest absolute Gasteiger partial charge is 0.271 e. The summed E-state index contributed by atoms with van der Waals surface area (Å²) in [5.41, 5.74) is 29.9. The molecule has 0 saturated heterocycles. The second-order valence-electron chi connectivity index (χ2n) is 20.3. The Morgan fingerprint density at radius 2 is 1.46 bits per heavy atom. The zero-order valence-corrected chi connectivity index (χ0v) is 51.3. The quantitative estimate of drug-likeness (QED) is 0.0218. The molecule has 26 nitrogen and oxygen atoms in total. The van der Waals surface area contributed by atoms with Gasteiger partial charge in [-0.05, 0) is 95.2 Å². The van der Waals surface area contributed by atoms with E-state index in [2.05, 4.69) is 62.5 Å². The van der Waals surface area contributed by atoms with E-state index in [0.29, 0.717) is 51.4 Å². The largest absolute Gasteiger partial charge is 0.390 e. The number of hydrogen-bond donors (Lipinski definition) is 14. The Bertz CT molecular complexity index is 2970. The zero-order valence-electron chi connectivity index (χ0n) is 48.1. The number of nitrogen functional groups attached to an aromatic ring is 1. The van der Waals surface area contributed by atoms with Gasteiger partial charge in [0.15, 0.2) is 0 Å². The molecule has 8 atom stereocenters. The molecule has 0 fully saturated rings. The highest BCUT2D eigenvalue weighted by Gasteiger charge is 2.36. The molecule has 0 radical (unpaired) electrons. The maximum absolute atomic E-state index is 14.6. The van der Waals surface area contributed by atoms with Crippen LogP contribution < -0.4 is 71.2 Å². The molecule has 464 valence electrons. The highest BCUT2D eigenvalue weighted by molar-refractivity contribution is 7.84. The fourth-order valence-electron chi connectivity index (χ4n) is 8.51. The van der Waals surface area contributed by atoms with Gasteiger partial charge in [-0.15, -0.1) is 34.0 Å². The number of thiophene rings is 1. The molecule has 19 N–H and O–H groups in total. The van der Waals surface area contributed by atoms with Gasteiger partial charge >= 0.3 is 0 Å². The Balaban J connectivity index is 1.21. The van der Waals surface area contributed by atoms with E-state index in [1.165, 1.54) is 54.1 Å². The minimum atomic E-state index is -1.56. The van der Waals surface area contributed by atoms with Crippen LogP contribution in [0.4, 0.5) is 5.82 Å². The summed E-state index contributed by atoms with van der Waals surface area (Å²) in [5, 5.41) is 42.4. The molecule has 4 aromatic heterocycles. The van der Waals surface area contributed by atoms with E-state index < -0.39 is 88.5 Å². The molecule has 4 heterocycles. The Labute approximate surface area is 509 Å². The van der Waals surface area contributed by atoms with Crippen molar-refractivity contribution in [1.82, 2.24) is 62.5 Å². The van der Waals surface area contributed by atoms with Gasteiger partial charge in [-0.3, -0.25) is 37.8 Å². The van der Waals surface area contributed by atoms with Gasteiger partial charge in [0.2, 0.25) is 29.5 Å². The van der Waals surface area contributed by atoms with Gasteiger partial charge in [-0.25, -0.2) is 19.9 Å². The molecule has 5 aromatic rings.